The Morgan fingerprint density at radius 2 is 1.89 bits per heavy atom. The highest BCUT2D eigenvalue weighted by molar-refractivity contribution is 5.67. The fraction of sp³-hybridized carbons (Fsp3) is 0. The molecule has 6 nitrogen and oxygen atoms in total. The minimum Gasteiger partial charge on any atom is -0.383 e. The van der Waals surface area contributed by atoms with Crippen LogP contribution in [0.1, 0.15) is 0 Å². The van der Waals surface area contributed by atoms with E-state index in [1.165, 1.54) is 6.20 Å². The van der Waals surface area contributed by atoms with E-state index in [1.807, 2.05) is 0 Å². The summed E-state index contributed by atoms with van der Waals surface area (Å²) < 4.78 is 31.2. The van der Waals surface area contributed by atoms with Crippen molar-refractivity contribution in [2.45, 2.75) is 0 Å². The summed E-state index contributed by atoms with van der Waals surface area (Å²) in [4.78, 5) is 4.01. The highest BCUT2D eigenvalue weighted by Gasteiger charge is 2.15. The molecule has 0 fully saturated rings. The van der Waals surface area contributed by atoms with Gasteiger partial charge in [0.1, 0.15) is 23.0 Å². The zero-order valence-electron chi connectivity index (χ0n) is 9.39. The van der Waals surface area contributed by atoms with Crippen LogP contribution in [0.3, 0.4) is 0 Å². The van der Waals surface area contributed by atoms with E-state index in [0.717, 1.165) is 18.2 Å². The topological polar surface area (TPSA) is 93.6 Å². The van der Waals surface area contributed by atoms with Crippen LogP contribution in [0.15, 0.2) is 28.9 Å². The van der Waals surface area contributed by atoms with Gasteiger partial charge in [0.15, 0.2) is 0 Å². The van der Waals surface area contributed by atoms with Crippen molar-refractivity contribution < 1.29 is 13.3 Å². The number of nitrogens with two attached hydrogens (primary N) is 1. The predicted octanol–water partition coefficient (Wildman–Crippen LogP) is 1.99. The largest absolute Gasteiger partial charge is 0.383 e. The molecule has 3 rings (SSSR count). The van der Waals surface area contributed by atoms with Gasteiger partial charge in [0, 0.05) is 11.6 Å². The first-order valence-electron chi connectivity index (χ1n) is 5.23. The number of hydrogen-bond donors (Lipinski definition) is 2. The van der Waals surface area contributed by atoms with E-state index >= 15 is 0 Å². The number of nitrogens with one attached hydrogen (secondary N) is 1. The number of H-pyrrole nitrogens is 1. The summed E-state index contributed by atoms with van der Waals surface area (Å²) in [6.07, 6.45) is 1.42. The number of benzene rings is 1. The van der Waals surface area contributed by atoms with Gasteiger partial charge in [0.05, 0.1) is 6.20 Å². The molecule has 0 amide bonds. The number of nitrogen functional groups attached to an aromatic ring is 1. The average Bonchev–Trinajstić information content (AvgIpc) is 2.95. The zero-order chi connectivity index (χ0) is 13.4. The lowest BCUT2D eigenvalue weighted by Gasteiger charge is -1.95. The van der Waals surface area contributed by atoms with Gasteiger partial charge in [-0.3, -0.25) is 5.10 Å². The second-order valence-corrected chi connectivity index (χ2v) is 3.78. The Labute approximate surface area is 105 Å². The molecule has 3 aromatic rings. The van der Waals surface area contributed by atoms with Crippen LogP contribution >= 0.6 is 0 Å². The SMILES string of the molecule is Nc1[nH]ncc1-c1nc(-c2cc(F)cc(F)c2)no1. The number of aromatic amines is 1. The van der Waals surface area contributed by atoms with Gasteiger partial charge in [-0.15, -0.1) is 0 Å². The van der Waals surface area contributed by atoms with Crippen molar-refractivity contribution >= 4 is 5.82 Å². The number of halogens is 2. The first-order valence-corrected chi connectivity index (χ1v) is 5.23. The fourth-order valence-electron chi connectivity index (χ4n) is 1.60. The van der Waals surface area contributed by atoms with Crippen LogP contribution in [-0.4, -0.2) is 20.3 Å². The minimum absolute atomic E-state index is 0.0639. The van der Waals surface area contributed by atoms with Gasteiger partial charge < -0.3 is 10.3 Å². The van der Waals surface area contributed by atoms with E-state index in [9.17, 15) is 8.78 Å². The molecule has 2 heterocycles. The standard InChI is InChI=1S/C11H7F2N5O/c12-6-1-5(2-7(13)3-6)10-16-11(19-18-10)8-4-15-17-9(8)14/h1-4H,(H3,14,15,17). The lowest BCUT2D eigenvalue weighted by atomic mass is 10.2. The summed E-state index contributed by atoms with van der Waals surface area (Å²) in [5.74, 6) is -0.992. The van der Waals surface area contributed by atoms with Crippen molar-refractivity contribution in [1.29, 1.82) is 0 Å². The van der Waals surface area contributed by atoms with Gasteiger partial charge in [0.25, 0.3) is 5.89 Å². The number of anilines is 1. The molecule has 0 saturated heterocycles. The molecular formula is C11H7F2N5O. The van der Waals surface area contributed by atoms with E-state index in [2.05, 4.69) is 20.3 Å². The van der Waals surface area contributed by atoms with E-state index in [0.29, 0.717) is 5.56 Å². The zero-order valence-corrected chi connectivity index (χ0v) is 9.39. The molecule has 0 aliphatic heterocycles. The number of hydrogen-bond acceptors (Lipinski definition) is 5. The maximum absolute atomic E-state index is 13.1. The third-order valence-electron chi connectivity index (χ3n) is 2.45. The Bertz CT molecular complexity index is 716. The van der Waals surface area contributed by atoms with Crippen molar-refractivity contribution in [3.63, 3.8) is 0 Å². The van der Waals surface area contributed by atoms with Crippen LogP contribution in [0.5, 0.6) is 0 Å². The highest BCUT2D eigenvalue weighted by Crippen LogP contribution is 2.25. The van der Waals surface area contributed by atoms with Crippen molar-refractivity contribution in [1.82, 2.24) is 20.3 Å². The smallest absolute Gasteiger partial charge is 0.263 e. The third kappa shape index (κ3) is 2.03. The molecule has 0 aliphatic carbocycles. The van der Waals surface area contributed by atoms with Crippen molar-refractivity contribution in [2.75, 3.05) is 5.73 Å². The van der Waals surface area contributed by atoms with Crippen molar-refractivity contribution in [3.05, 3.63) is 36.0 Å². The number of aromatic nitrogens is 4. The van der Waals surface area contributed by atoms with Gasteiger partial charge in [-0.2, -0.15) is 10.1 Å². The van der Waals surface area contributed by atoms with Gasteiger partial charge in [0.2, 0.25) is 5.82 Å². The first-order chi connectivity index (χ1) is 9.13. The third-order valence-corrected chi connectivity index (χ3v) is 2.45. The van der Waals surface area contributed by atoms with Crippen LogP contribution in [0, 0.1) is 11.6 Å². The van der Waals surface area contributed by atoms with Crippen molar-refractivity contribution in [2.24, 2.45) is 0 Å². The van der Waals surface area contributed by atoms with Crippen LogP contribution < -0.4 is 5.73 Å². The summed E-state index contributed by atoms with van der Waals surface area (Å²) in [5, 5.41) is 9.87. The molecule has 0 radical (unpaired) electrons. The molecular weight excluding hydrogens is 256 g/mol. The maximum Gasteiger partial charge on any atom is 0.263 e. The van der Waals surface area contributed by atoms with E-state index < -0.39 is 11.6 Å². The molecule has 19 heavy (non-hydrogen) atoms. The molecule has 0 bridgehead atoms. The summed E-state index contributed by atoms with van der Waals surface area (Å²) in [6.45, 7) is 0. The van der Waals surface area contributed by atoms with E-state index in [1.54, 1.807) is 0 Å². The molecule has 96 valence electrons. The normalized spacial score (nSPS) is 10.8. The summed E-state index contributed by atoms with van der Waals surface area (Å²) in [5.41, 5.74) is 6.20. The molecule has 0 aliphatic rings. The number of nitrogens with zero attached hydrogens (tertiary/aromatic N) is 3. The van der Waals surface area contributed by atoms with Crippen LogP contribution in [0.4, 0.5) is 14.6 Å². The second-order valence-electron chi connectivity index (χ2n) is 3.78. The fourth-order valence-corrected chi connectivity index (χ4v) is 1.60. The Morgan fingerprint density at radius 3 is 2.53 bits per heavy atom. The molecule has 3 N–H and O–H groups in total. The lowest BCUT2D eigenvalue weighted by molar-refractivity contribution is 0.432. The van der Waals surface area contributed by atoms with Crippen molar-refractivity contribution in [3.8, 4) is 22.8 Å². The molecule has 0 saturated carbocycles. The Morgan fingerprint density at radius 1 is 1.16 bits per heavy atom. The van der Waals surface area contributed by atoms with Gasteiger partial charge in [-0.05, 0) is 12.1 Å². The van der Waals surface area contributed by atoms with Gasteiger partial charge in [-0.25, -0.2) is 8.78 Å². The predicted molar refractivity (Wildman–Crippen MR) is 61.6 cm³/mol. The van der Waals surface area contributed by atoms with E-state index in [4.69, 9.17) is 10.3 Å². The van der Waals surface area contributed by atoms with Gasteiger partial charge >= 0.3 is 0 Å². The van der Waals surface area contributed by atoms with Crippen LogP contribution in [-0.2, 0) is 0 Å². The molecule has 8 heteroatoms. The average molecular weight is 263 g/mol. The summed E-state index contributed by atoms with van der Waals surface area (Å²) in [6, 6.07) is 2.98. The monoisotopic (exact) mass is 263 g/mol. The first kappa shape index (κ1) is 11.3. The summed E-state index contributed by atoms with van der Waals surface area (Å²) >= 11 is 0. The molecule has 0 spiro atoms. The summed E-state index contributed by atoms with van der Waals surface area (Å²) in [7, 11) is 0. The molecule has 2 aromatic heterocycles. The highest BCUT2D eigenvalue weighted by atomic mass is 19.1. The minimum atomic E-state index is -0.718. The molecule has 0 atom stereocenters. The maximum atomic E-state index is 13.1. The molecule has 0 unspecified atom stereocenters. The lowest BCUT2D eigenvalue weighted by Crippen LogP contribution is -1.88. The van der Waals surface area contributed by atoms with Gasteiger partial charge in [-0.1, -0.05) is 5.16 Å². The Balaban J connectivity index is 2.04. The van der Waals surface area contributed by atoms with Crippen LogP contribution in [0.2, 0.25) is 0 Å². The Hall–Kier alpha value is -2.77. The Kier molecular flexibility index (Phi) is 2.48. The quantitative estimate of drug-likeness (QED) is 0.737. The molecule has 1 aromatic carbocycles. The van der Waals surface area contributed by atoms with E-state index in [-0.39, 0.29) is 23.1 Å². The second kappa shape index (κ2) is 4.16. The van der Waals surface area contributed by atoms with Crippen LogP contribution in [0.25, 0.3) is 22.8 Å². The number of rotatable bonds is 2.